The van der Waals surface area contributed by atoms with Crippen molar-refractivity contribution >= 4 is 0 Å². The topological polar surface area (TPSA) is 64.9 Å². The Hall–Kier alpha value is -1.68. The number of hydrogen-bond donors (Lipinski definition) is 1. The molecule has 1 atom stereocenters. The minimum Gasteiger partial charge on any atom is -0.339 e. The number of aryl methyl sites for hydroxylation is 1. The number of rotatable bonds is 6. The summed E-state index contributed by atoms with van der Waals surface area (Å²) in [6.07, 6.45) is 3.42. The summed E-state index contributed by atoms with van der Waals surface area (Å²) in [6, 6.07) is 8.44. The monoisotopic (exact) mass is 259 g/mol. The lowest BCUT2D eigenvalue weighted by Crippen LogP contribution is -2.22. The number of nitrogens with two attached hydrogens (primary N) is 1. The Labute approximate surface area is 114 Å². The van der Waals surface area contributed by atoms with Gasteiger partial charge in [0.2, 0.25) is 5.89 Å². The predicted octanol–water partition coefficient (Wildman–Crippen LogP) is 2.64. The number of benzene rings is 1. The summed E-state index contributed by atoms with van der Waals surface area (Å²) in [5.74, 6) is 1.37. The molecule has 0 bridgehead atoms. The second-order valence-corrected chi connectivity index (χ2v) is 5.02. The SMILES string of the molecule is CCCC(N)Cc1nc(Cc2cccc(C)c2)no1. The van der Waals surface area contributed by atoms with Crippen LogP contribution in [0.25, 0.3) is 0 Å². The summed E-state index contributed by atoms with van der Waals surface area (Å²) >= 11 is 0. The molecule has 2 N–H and O–H groups in total. The maximum absolute atomic E-state index is 5.97. The van der Waals surface area contributed by atoms with Gasteiger partial charge in [-0.3, -0.25) is 0 Å². The van der Waals surface area contributed by atoms with Crippen molar-refractivity contribution in [3.8, 4) is 0 Å². The number of aromatic nitrogens is 2. The lowest BCUT2D eigenvalue weighted by atomic mass is 10.1. The third kappa shape index (κ3) is 4.17. The van der Waals surface area contributed by atoms with E-state index in [1.54, 1.807) is 0 Å². The van der Waals surface area contributed by atoms with E-state index in [4.69, 9.17) is 10.3 Å². The fourth-order valence-electron chi connectivity index (χ4n) is 2.15. The summed E-state index contributed by atoms with van der Waals surface area (Å²) in [5, 5.41) is 4.01. The maximum Gasteiger partial charge on any atom is 0.228 e. The summed E-state index contributed by atoms with van der Waals surface area (Å²) in [6.45, 7) is 4.20. The van der Waals surface area contributed by atoms with Crippen LogP contribution in [-0.2, 0) is 12.8 Å². The largest absolute Gasteiger partial charge is 0.339 e. The minimum atomic E-state index is 0.109. The van der Waals surface area contributed by atoms with Gasteiger partial charge in [-0.2, -0.15) is 4.98 Å². The molecule has 0 saturated carbocycles. The van der Waals surface area contributed by atoms with E-state index in [2.05, 4.69) is 42.2 Å². The van der Waals surface area contributed by atoms with Crippen LogP contribution in [0, 0.1) is 6.92 Å². The van der Waals surface area contributed by atoms with Gasteiger partial charge in [0.1, 0.15) is 0 Å². The van der Waals surface area contributed by atoms with E-state index >= 15 is 0 Å². The molecule has 1 aromatic carbocycles. The summed E-state index contributed by atoms with van der Waals surface area (Å²) in [4.78, 5) is 4.40. The molecule has 4 nitrogen and oxygen atoms in total. The molecule has 19 heavy (non-hydrogen) atoms. The van der Waals surface area contributed by atoms with Crippen LogP contribution in [0.1, 0.15) is 42.6 Å². The van der Waals surface area contributed by atoms with Crippen LogP contribution in [0.5, 0.6) is 0 Å². The molecule has 0 aliphatic rings. The fraction of sp³-hybridized carbons (Fsp3) is 0.467. The normalized spacial score (nSPS) is 12.6. The van der Waals surface area contributed by atoms with Gasteiger partial charge >= 0.3 is 0 Å². The van der Waals surface area contributed by atoms with E-state index in [1.807, 2.05) is 6.07 Å². The van der Waals surface area contributed by atoms with Crippen molar-refractivity contribution in [2.75, 3.05) is 0 Å². The highest BCUT2D eigenvalue weighted by molar-refractivity contribution is 5.24. The highest BCUT2D eigenvalue weighted by atomic mass is 16.5. The molecule has 102 valence electrons. The van der Waals surface area contributed by atoms with Crippen molar-refractivity contribution in [2.24, 2.45) is 5.73 Å². The molecule has 0 amide bonds. The van der Waals surface area contributed by atoms with Gasteiger partial charge in [0, 0.05) is 18.9 Å². The Bertz CT molecular complexity index is 522. The van der Waals surface area contributed by atoms with E-state index in [-0.39, 0.29) is 6.04 Å². The molecule has 0 spiro atoms. The molecule has 4 heteroatoms. The molecule has 1 aromatic heterocycles. The maximum atomic E-state index is 5.97. The van der Waals surface area contributed by atoms with E-state index in [9.17, 15) is 0 Å². The molecule has 1 unspecified atom stereocenters. The van der Waals surface area contributed by atoms with Gasteiger partial charge in [0.15, 0.2) is 5.82 Å². The first-order valence-electron chi connectivity index (χ1n) is 6.80. The van der Waals surface area contributed by atoms with Crippen molar-refractivity contribution in [3.63, 3.8) is 0 Å². The van der Waals surface area contributed by atoms with Crippen LogP contribution in [0.15, 0.2) is 28.8 Å². The highest BCUT2D eigenvalue weighted by Gasteiger charge is 2.11. The summed E-state index contributed by atoms with van der Waals surface area (Å²) in [7, 11) is 0. The summed E-state index contributed by atoms with van der Waals surface area (Å²) < 4.78 is 5.24. The molecule has 1 heterocycles. The molecule has 0 fully saturated rings. The van der Waals surface area contributed by atoms with Gasteiger partial charge in [-0.25, -0.2) is 0 Å². The van der Waals surface area contributed by atoms with Gasteiger partial charge < -0.3 is 10.3 Å². The average Bonchev–Trinajstić information content (AvgIpc) is 2.76. The summed E-state index contributed by atoms with van der Waals surface area (Å²) in [5.41, 5.74) is 8.41. The van der Waals surface area contributed by atoms with E-state index in [0.29, 0.717) is 18.7 Å². The molecule has 0 aliphatic carbocycles. The van der Waals surface area contributed by atoms with Crippen molar-refractivity contribution in [1.82, 2.24) is 10.1 Å². The van der Waals surface area contributed by atoms with Crippen molar-refractivity contribution < 1.29 is 4.52 Å². The molecule has 0 saturated heterocycles. The third-order valence-corrected chi connectivity index (χ3v) is 3.05. The third-order valence-electron chi connectivity index (χ3n) is 3.05. The Morgan fingerprint density at radius 2 is 2.21 bits per heavy atom. The molecule has 2 aromatic rings. The van der Waals surface area contributed by atoms with Gasteiger partial charge in [0.05, 0.1) is 0 Å². The first kappa shape index (κ1) is 13.7. The Balaban J connectivity index is 1.97. The van der Waals surface area contributed by atoms with Gasteiger partial charge in [-0.15, -0.1) is 0 Å². The zero-order valence-electron chi connectivity index (χ0n) is 11.6. The minimum absolute atomic E-state index is 0.109. The van der Waals surface area contributed by atoms with Crippen molar-refractivity contribution in [2.45, 2.75) is 45.6 Å². The van der Waals surface area contributed by atoms with E-state index in [0.717, 1.165) is 18.7 Å². The molecule has 2 rings (SSSR count). The highest BCUT2D eigenvalue weighted by Crippen LogP contribution is 2.10. The zero-order valence-corrected chi connectivity index (χ0v) is 11.6. The van der Waals surface area contributed by atoms with Gasteiger partial charge in [-0.1, -0.05) is 48.3 Å². The quantitative estimate of drug-likeness (QED) is 0.866. The van der Waals surface area contributed by atoms with Crippen LogP contribution in [0.2, 0.25) is 0 Å². The Morgan fingerprint density at radius 1 is 1.37 bits per heavy atom. The smallest absolute Gasteiger partial charge is 0.228 e. The first-order chi connectivity index (χ1) is 9.17. The molecular formula is C15H21N3O. The molecular weight excluding hydrogens is 238 g/mol. The zero-order chi connectivity index (χ0) is 13.7. The van der Waals surface area contributed by atoms with Crippen LogP contribution >= 0.6 is 0 Å². The van der Waals surface area contributed by atoms with Crippen LogP contribution in [0.4, 0.5) is 0 Å². The second kappa shape index (κ2) is 6.48. The Morgan fingerprint density at radius 3 is 2.95 bits per heavy atom. The van der Waals surface area contributed by atoms with Crippen molar-refractivity contribution in [3.05, 3.63) is 47.1 Å². The predicted molar refractivity (Wildman–Crippen MR) is 74.9 cm³/mol. The molecule has 0 radical (unpaired) electrons. The standard InChI is InChI=1S/C15H21N3O/c1-3-5-13(16)10-15-17-14(18-19-15)9-12-7-4-6-11(2)8-12/h4,6-8,13H,3,5,9-10,16H2,1-2H3. The molecule has 0 aliphatic heterocycles. The Kier molecular flexibility index (Phi) is 4.68. The van der Waals surface area contributed by atoms with Crippen molar-refractivity contribution in [1.29, 1.82) is 0 Å². The lowest BCUT2D eigenvalue weighted by Gasteiger charge is -2.05. The van der Waals surface area contributed by atoms with Crippen LogP contribution in [0.3, 0.4) is 0 Å². The van der Waals surface area contributed by atoms with E-state index in [1.165, 1.54) is 11.1 Å². The van der Waals surface area contributed by atoms with Crippen LogP contribution in [-0.4, -0.2) is 16.2 Å². The van der Waals surface area contributed by atoms with Gasteiger partial charge in [-0.05, 0) is 18.9 Å². The van der Waals surface area contributed by atoms with Gasteiger partial charge in [0.25, 0.3) is 0 Å². The van der Waals surface area contributed by atoms with E-state index < -0.39 is 0 Å². The number of hydrogen-bond acceptors (Lipinski definition) is 4. The van der Waals surface area contributed by atoms with Crippen LogP contribution < -0.4 is 5.73 Å². The second-order valence-electron chi connectivity index (χ2n) is 5.02. The lowest BCUT2D eigenvalue weighted by molar-refractivity contribution is 0.361. The first-order valence-corrected chi connectivity index (χ1v) is 6.80. The number of nitrogens with zero attached hydrogens (tertiary/aromatic N) is 2. The average molecular weight is 259 g/mol. The fourth-order valence-corrected chi connectivity index (χ4v) is 2.15.